The van der Waals surface area contributed by atoms with Gasteiger partial charge in [0.05, 0.1) is 29.8 Å². The molecule has 2 aromatic carbocycles. The summed E-state index contributed by atoms with van der Waals surface area (Å²) in [6.45, 7) is 1.59. The van der Waals surface area contributed by atoms with Crippen molar-refractivity contribution in [2.75, 3.05) is 55.5 Å². The number of amides is 1. The van der Waals surface area contributed by atoms with Crippen LogP contribution >= 0.6 is 11.6 Å². The van der Waals surface area contributed by atoms with Gasteiger partial charge in [0, 0.05) is 51.7 Å². The molecule has 3 aromatic rings. The first kappa shape index (κ1) is 27.2. The highest BCUT2D eigenvalue weighted by molar-refractivity contribution is 7.92. The summed E-state index contributed by atoms with van der Waals surface area (Å²) in [6.07, 6.45) is 1.71. The zero-order valence-electron chi connectivity index (χ0n) is 21.1. The molecule has 0 aliphatic heterocycles. The Morgan fingerprint density at radius 3 is 2.31 bits per heavy atom. The second kappa shape index (κ2) is 11.1. The van der Waals surface area contributed by atoms with Crippen LogP contribution in [-0.4, -0.2) is 65.5 Å². The van der Waals surface area contributed by atoms with Crippen molar-refractivity contribution in [2.24, 2.45) is 7.05 Å². The van der Waals surface area contributed by atoms with E-state index in [0.29, 0.717) is 23.8 Å². The highest BCUT2D eigenvalue weighted by Gasteiger charge is 2.32. The van der Waals surface area contributed by atoms with Crippen LogP contribution in [0.2, 0.25) is 5.02 Å². The third kappa shape index (κ3) is 5.52. The van der Waals surface area contributed by atoms with E-state index in [1.807, 2.05) is 19.0 Å². The Morgan fingerprint density at radius 2 is 1.75 bits per heavy atom. The van der Waals surface area contributed by atoms with Crippen molar-refractivity contribution >= 4 is 44.7 Å². The topological polar surface area (TPSA) is 97.2 Å². The minimum Gasteiger partial charge on any atom is -0.493 e. The van der Waals surface area contributed by atoms with Crippen molar-refractivity contribution in [3.8, 4) is 11.5 Å². The first-order valence-corrected chi connectivity index (χ1v) is 12.9. The zero-order chi connectivity index (χ0) is 26.6. The summed E-state index contributed by atoms with van der Waals surface area (Å²) < 4.78 is 41.1. The van der Waals surface area contributed by atoms with Crippen LogP contribution in [0.4, 0.5) is 17.2 Å². The van der Waals surface area contributed by atoms with Gasteiger partial charge in [-0.2, -0.15) is 5.10 Å². The van der Waals surface area contributed by atoms with E-state index in [9.17, 15) is 13.2 Å². The number of methoxy groups -OCH3 is 2. The van der Waals surface area contributed by atoms with Gasteiger partial charge in [0.1, 0.15) is 6.54 Å². The molecule has 0 spiro atoms. The smallest absolute Gasteiger partial charge is 0.264 e. The number of anilines is 3. The summed E-state index contributed by atoms with van der Waals surface area (Å²) in [7, 11) is 3.99. The molecule has 36 heavy (non-hydrogen) atoms. The third-order valence-corrected chi connectivity index (χ3v) is 7.61. The summed E-state index contributed by atoms with van der Waals surface area (Å²) >= 11 is 6.50. The molecule has 0 radical (unpaired) electrons. The minimum atomic E-state index is -4.27. The lowest BCUT2D eigenvalue weighted by atomic mass is 10.2. The number of ether oxygens (including phenoxy) is 2. The number of carbonyl (C=O) groups excluding carboxylic acids is 1. The first-order valence-electron chi connectivity index (χ1n) is 11.0. The summed E-state index contributed by atoms with van der Waals surface area (Å²) in [6, 6.07) is 10.9. The Bertz CT molecular complexity index is 1340. The average molecular weight is 536 g/mol. The number of likely N-dealkylation sites (N-methyl/N-ethyl adjacent to an activating group) is 1. The maximum absolute atomic E-state index is 14.0. The van der Waals surface area contributed by atoms with Crippen molar-refractivity contribution in [3.05, 3.63) is 53.7 Å². The average Bonchev–Trinajstić information content (AvgIpc) is 3.28. The van der Waals surface area contributed by atoms with Crippen molar-refractivity contribution in [1.82, 2.24) is 9.78 Å². The van der Waals surface area contributed by atoms with Crippen LogP contribution in [0.15, 0.2) is 53.6 Å². The quantitative estimate of drug-likeness (QED) is 0.392. The number of nitrogens with zero attached hydrogens (tertiary/aromatic N) is 5. The number of carbonyl (C=O) groups is 1. The van der Waals surface area contributed by atoms with Gasteiger partial charge in [-0.05, 0) is 37.3 Å². The van der Waals surface area contributed by atoms with Crippen molar-refractivity contribution in [1.29, 1.82) is 0 Å². The van der Waals surface area contributed by atoms with Gasteiger partial charge in [0.25, 0.3) is 10.0 Å². The molecule has 1 heterocycles. The van der Waals surface area contributed by atoms with Gasteiger partial charge in [0.15, 0.2) is 17.3 Å². The number of rotatable bonds is 10. The normalized spacial score (nSPS) is 11.2. The third-order valence-electron chi connectivity index (χ3n) is 5.53. The monoisotopic (exact) mass is 535 g/mol. The molecule has 0 aliphatic carbocycles. The highest BCUT2D eigenvalue weighted by atomic mass is 35.5. The molecular weight excluding hydrogens is 506 g/mol. The van der Waals surface area contributed by atoms with E-state index in [-0.39, 0.29) is 21.4 Å². The first-order chi connectivity index (χ1) is 17.0. The lowest BCUT2D eigenvalue weighted by Crippen LogP contribution is -2.43. The predicted molar refractivity (Wildman–Crippen MR) is 141 cm³/mol. The maximum Gasteiger partial charge on any atom is 0.264 e. The summed E-state index contributed by atoms with van der Waals surface area (Å²) in [5, 5.41) is 4.47. The molecule has 0 N–H and O–H groups in total. The van der Waals surface area contributed by atoms with Crippen molar-refractivity contribution in [2.45, 2.75) is 11.8 Å². The molecule has 0 saturated heterocycles. The van der Waals surface area contributed by atoms with E-state index < -0.39 is 22.5 Å². The number of benzene rings is 2. The molecule has 0 saturated carbocycles. The summed E-state index contributed by atoms with van der Waals surface area (Å²) in [4.78, 5) is 16.6. The lowest BCUT2D eigenvalue weighted by Gasteiger charge is -2.28. The number of aromatic nitrogens is 2. The molecule has 0 atom stereocenters. The van der Waals surface area contributed by atoms with Gasteiger partial charge in [-0.1, -0.05) is 11.6 Å². The molecule has 194 valence electrons. The van der Waals surface area contributed by atoms with E-state index in [1.165, 1.54) is 37.3 Å². The molecular formula is C24H30ClN5O5S. The summed E-state index contributed by atoms with van der Waals surface area (Å²) in [5.41, 5.74) is 0.884. The van der Waals surface area contributed by atoms with Crippen LogP contribution in [0.1, 0.15) is 6.92 Å². The maximum atomic E-state index is 14.0. The number of halogens is 1. The van der Waals surface area contributed by atoms with Crippen LogP contribution in [0.5, 0.6) is 11.5 Å². The standard InChI is InChI=1S/C24H30ClN5O5S/c1-7-29(23-12-13-28(4)26-23)24(31)16-30(20-14-17(27(2)3)8-10-19(20)25)36(32,33)18-9-11-21(34-5)22(15-18)35-6/h8-15H,7,16H2,1-6H3. The highest BCUT2D eigenvalue weighted by Crippen LogP contribution is 2.36. The van der Waals surface area contributed by atoms with Crippen molar-refractivity contribution < 1.29 is 22.7 Å². The molecule has 1 aromatic heterocycles. The lowest BCUT2D eigenvalue weighted by molar-refractivity contribution is -0.117. The molecule has 3 rings (SSSR count). The van der Waals surface area contributed by atoms with E-state index in [0.717, 1.165) is 4.31 Å². The van der Waals surface area contributed by atoms with Gasteiger partial charge < -0.3 is 14.4 Å². The molecule has 0 aliphatic rings. The van der Waals surface area contributed by atoms with Crippen LogP contribution in [0.3, 0.4) is 0 Å². The van der Waals surface area contributed by atoms with E-state index in [2.05, 4.69) is 5.10 Å². The molecule has 1 amide bonds. The predicted octanol–water partition coefficient (Wildman–Crippen LogP) is 3.41. The zero-order valence-corrected chi connectivity index (χ0v) is 22.7. The van der Waals surface area contributed by atoms with Gasteiger partial charge >= 0.3 is 0 Å². The molecule has 0 fully saturated rings. The number of sulfonamides is 1. The van der Waals surface area contributed by atoms with E-state index in [4.69, 9.17) is 21.1 Å². The van der Waals surface area contributed by atoms with Crippen LogP contribution < -0.4 is 23.6 Å². The molecule has 12 heteroatoms. The van der Waals surface area contributed by atoms with E-state index >= 15 is 0 Å². The van der Waals surface area contributed by atoms with Gasteiger partial charge in [-0.3, -0.25) is 18.7 Å². The fourth-order valence-corrected chi connectivity index (χ4v) is 5.31. The summed E-state index contributed by atoms with van der Waals surface area (Å²) in [5.74, 6) is 0.564. The van der Waals surface area contributed by atoms with Gasteiger partial charge in [-0.25, -0.2) is 8.42 Å². The number of hydrogen-bond acceptors (Lipinski definition) is 7. The fraction of sp³-hybridized carbons (Fsp3) is 0.333. The Kier molecular flexibility index (Phi) is 8.36. The largest absolute Gasteiger partial charge is 0.493 e. The van der Waals surface area contributed by atoms with E-state index in [1.54, 1.807) is 49.1 Å². The van der Waals surface area contributed by atoms with Crippen molar-refractivity contribution in [3.63, 3.8) is 0 Å². The fourth-order valence-electron chi connectivity index (χ4n) is 3.60. The number of hydrogen-bond donors (Lipinski definition) is 0. The second-order valence-electron chi connectivity index (χ2n) is 8.04. The van der Waals surface area contributed by atoms with Crippen LogP contribution in [0.25, 0.3) is 0 Å². The minimum absolute atomic E-state index is 0.0832. The molecule has 0 bridgehead atoms. The Labute approximate surface area is 216 Å². The second-order valence-corrected chi connectivity index (χ2v) is 10.3. The van der Waals surface area contributed by atoms with Gasteiger partial charge in [-0.15, -0.1) is 0 Å². The Morgan fingerprint density at radius 1 is 1.06 bits per heavy atom. The SMILES string of the molecule is CCN(C(=O)CN(c1cc(N(C)C)ccc1Cl)S(=O)(=O)c1ccc(OC)c(OC)c1)c1ccn(C)n1. The van der Waals surface area contributed by atoms with Crippen LogP contribution in [-0.2, 0) is 21.9 Å². The van der Waals surface area contributed by atoms with Gasteiger partial charge in [0.2, 0.25) is 5.91 Å². The van der Waals surface area contributed by atoms with Crippen LogP contribution in [0, 0.1) is 0 Å². The Hall–Kier alpha value is -3.44. The Balaban J connectivity index is 2.15. The molecule has 10 nitrogen and oxygen atoms in total. The number of aryl methyl sites for hydroxylation is 1. The molecule has 0 unspecified atom stereocenters.